The number of nitrogens with zero attached hydrogens (tertiary/aromatic N) is 5. The van der Waals surface area contributed by atoms with Gasteiger partial charge in [0.05, 0.1) is 24.1 Å². The molecule has 2 N–H and O–H groups in total. The summed E-state index contributed by atoms with van der Waals surface area (Å²) in [5, 5.41) is 32.8. The van der Waals surface area contributed by atoms with E-state index in [4.69, 9.17) is 14.6 Å². The van der Waals surface area contributed by atoms with Crippen LogP contribution < -0.4 is 14.8 Å². The van der Waals surface area contributed by atoms with E-state index >= 15 is 0 Å². The monoisotopic (exact) mass is 920 g/mol. The number of nitro groups is 2. The Bertz CT molecular complexity index is 2230. The highest BCUT2D eigenvalue weighted by molar-refractivity contribution is 5.97. The number of aliphatic carboxylic acids is 1. The van der Waals surface area contributed by atoms with Crippen molar-refractivity contribution in [3.05, 3.63) is 139 Å². The molecule has 0 saturated carbocycles. The number of halogens is 2. The molecule has 0 aromatic heterocycles. The van der Waals surface area contributed by atoms with Gasteiger partial charge in [0.1, 0.15) is 0 Å². The minimum absolute atomic E-state index is 0. The van der Waals surface area contributed by atoms with Gasteiger partial charge in [-0.15, -0.1) is 0 Å². The summed E-state index contributed by atoms with van der Waals surface area (Å²) in [6.45, 7) is 8.05. The molecule has 2 aliphatic heterocycles. The third kappa shape index (κ3) is 17.7. The zero-order chi connectivity index (χ0) is 47.3. The van der Waals surface area contributed by atoms with Crippen molar-refractivity contribution < 1.29 is 52.4 Å². The Morgan fingerprint density at radius 1 is 0.621 bits per heavy atom. The zero-order valence-electron chi connectivity index (χ0n) is 36.4. The van der Waals surface area contributed by atoms with Gasteiger partial charge in [-0.25, -0.2) is 8.78 Å². The molecule has 0 atom stereocenters. The van der Waals surface area contributed by atoms with Crippen molar-refractivity contribution in [2.45, 2.75) is 59.0 Å². The molecule has 1 amide bonds. The SMILES string of the molecule is C.COc1ccc(CN2CCN(C(=O)CCCC(=O)c3ccc([N+](=O)[O-])cc3)CC2)cc1F.COc1ccc(CN2CCNCC2)cc1F.O=C(O)CCCC(=O)c1ccc([N+](=O)[O-])cc1. The van der Waals surface area contributed by atoms with Crippen LogP contribution in [0.15, 0.2) is 84.9 Å². The molecule has 0 spiro atoms. The first-order valence-electron chi connectivity index (χ1n) is 21.0. The van der Waals surface area contributed by atoms with Gasteiger partial charge in [-0.05, 0) is 72.5 Å². The van der Waals surface area contributed by atoms with E-state index in [9.17, 15) is 48.2 Å². The number of hydrogen-bond acceptors (Lipinski definition) is 13. The van der Waals surface area contributed by atoms with Crippen molar-refractivity contribution >= 4 is 34.8 Å². The van der Waals surface area contributed by atoms with E-state index in [1.165, 1.54) is 68.8 Å². The Balaban J connectivity index is 0.000000287. The number of carbonyl (C=O) groups is 4. The molecule has 356 valence electrons. The fraction of sp³-hybridized carbons (Fsp3) is 0.404. The number of methoxy groups -OCH3 is 2. The quantitative estimate of drug-likeness (QED) is 0.0567. The fourth-order valence-electron chi connectivity index (χ4n) is 6.94. The van der Waals surface area contributed by atoms with Crippen LogP contribution in [0.1, 0.15) is 77.8 Å². The van der Waals surface area contributed by atoms with E-state index < -0.39 is 15.8 Å². The Labute approximate surface area is 382 Å². The highest BCUT2D eigenvalue weighted by Crippen LogP contribution is 2.21. The van der Waals surface area contributed by atoms with Gasteiger partial charge in [-0.3, -0.25) is 49.2 Å². The van der Waals surface area contributed by atoms with Gasteiger partial charge in [-0.2, -0.15) is 0 Å². The summed E-state index contributed by atoms with van der Waals surface area (Å²) in [7, 11) is 2.91. The van der Waals surface area contributed by atoms with Gasteiger partial charge in [0.15, 0.2) is 34.7 Å². The van der Waals surface area contributed by atoms with Crippen molar-refractivity contribution in [3.8, 4) is 11.5 Å². The molecule has 0 bridgehead atoms. The first kappa shape index (κ1) is 53.6. The lowest BCUT2D eigenvalue weighted by molar-refractivity contribution is -0.385. The van der Waals surface area contributed by atoms with Gasteiger partial charge in [0, 0.05) is 127 Å². The number of benzene rings is 4. The standard InChI is InChI=1S/C23H26FN3O5.C12H17FN2O.C11H11NO5.CH4/c1-32-22-10-5-17(15-20(22)24)16-25-11-13-26(14-12-25)23(29)4-2-3-21(28)18-6-8-19(9-7-18)27(30)31;1-16-12-3-2-10(8-11(12)13)9-15-6-4-14-5-7-15;13-10(2-1-3-11(14)15)8-4-6-9(7-5-8)12(16)17;/h5-10,15H,2-4,11-14,16H2,1H3;2-3,8,14H,4-7,9H2,1H3;4-7H,1-3H2,(H,14,15);1H4. The van der Waals surface area contributed by atoms with Crippen molar-refractivity contribution in [2.24, 2.45) is 0 Å². The molecular weight excluding hydrogens is 863 g/mol. The van der Waals surface area contributed by atoms with Crippen LogP contribution >= 0.6 is 0 Å². The number of non-ortho nitro benzene ring substituents is 2. The molecule has 2 saturated heterocycles. The van der Waals surface area contributed by atoms with Gasteiger partial charge in [-0.1, -0.05) is 19.6 Å². The largest absolute Gasteiger partial charge is 0.494 e. The number of rotatable bonds is 18. The Morgan fingerprint density at radius 3 is 1.41 bits per heavy atom. The second kappa shape index (κ2) is 27.6. The number of nitrogens with one attached hydrogen (secondary N) is 1. The molecule has 0 radical (unpaired) electrons. The van der Waals surface area contributed by atoms with Crippen LogP contribution in [-0.2, 0) is 22.7 Å². The lowest BCUT2D eigenvalue weighted by Gasteiger charge is -2.34. The average Bonchev–Trinajstić information content (AvgIpc) is 3.30. The van der Waals surface area contributed by atoms with E-state index in [0.29, 0.717) is 56.0 Å². The molecule has 0 unspecified atom stereocenters. The molecule has 2 fully saturated rings. The first-order valence-corrected chi connectivity index (χ1v) is 21.0. The molecule has 2 aliphatic rings. The van der Waals surface area contributed by atoms with E-state index in [1.807, 2.05) is 12.1 Å². The lowest BCUT2D eigenvalue weighted by atomic mass is 10.0. The highest BCUT2D eigenvalue weighted by atomic mass is 19.1. The van der Waals surface area contributed by atoms with Crippen LogP contribution in [-0.4, -0.2) is 120 Å². The second-order valence-electron chi connectivity index (χ2n) is 15.2. The van der Waals surface area contributed by atoms with Crippen LogP contribution in [0.2, 0.25) is 0 Å². The van der Waals surface area contributed by atoms with E-state index in [1.54, 1.807) is 23.1 Å². The molecule has 19 heteroatoms. The van der Waals surface area contributed by atoms with Crippen LogP contribution in [0.5, 0.6) is 11.5 Å². The third-order valence-corrected chi connectivity index (χ3v) is 10.6. The maximum absolute atomic E-state index is 13.9. The number of carboxylic acid groups (broad SMARTS) is 1. The van der Waals surface area contributed by atoms with Gasteiger partial charge in [0.25, 0.3) is 11.4 Å². The number of amides is 1. The molecular formula is C47H58F2N6O11. The first-order chi connectivity index (χ1) is 31.2. The third-order valence-electron chi connectivity index (χ3n) is 10.6. The molecule has 66 heavy (non-hydrogen) atoms. The normalized spacial score (nSPS) is 13.7. The molecule has 17 nitrogen and oxygen atoms in total. The van der Waals surface area contributed by atoms with E-state index in [2.05, 4.69) is 15.1 Å². The van der Waals surface area contributed by atoms with E-state index in [-0.39, 0.29) is 85.8 Å². The summed E-state index contributed by atoms with van der Waals surface area (Å²) in [6, 6.07) is 20.8. The number of carboxylic acids is 1. The summed E-state index contributed by atoms with van der Waals surface area (Å²) in [6.07, 6.45) is 1.27. The summed E-state index contributed by atoms with van der Waals surface area (Å²) in [5.41, 5.74) is 2.49. The smallest absolute Gasteiger partial charge is 0.303 e. The summed E-state index contributed by atoms with van der Waals surface area (Å²) in [4.78, 5) is 72.8. The molecule has 0 aliphatic carbocycles. The van der Waals surface area contributed by atoms with Gasteiger partial charge >= 0.3 is 5.97 Å². The second-order valence-corrected chi connectivity index (χ2v) is 15.2. The number of hydrogen-bond donors (Lipinski definition) is 2. The van der Waals surface area contributed by atoms with Crippen molar-refractivity contribution in [2.75, 3.05) is 66.6 Å². The van der Waals surface area contributed by atoms with Crippen LogP contribution in [0, 0.1) is 31.9 Å². The number of ether oxygens (including phenoxy) is 2. The average molecular weight is 921 g/mol. The van der Waals surface area contributed by atoms with Gasteiger partial charge in [0.2, 0.25) is 5.91 Å². The molecule has 2 heterocycles. The maximum atomic E-state index is 13.9. The number of carbonyl (C=O) groups excluding carboxylic acids is 3. The maximum Gasteiger partial charge on any atom is 0.303 e. The highest BCUT2D eigenvalue weighted by Gasteiger charge is 2.22. The molecule has 4 aromatic carbocycles. The minimum atomic E-state index is -0.943. The molecule has 6 rings (SSSR count). The van der Waals surface area contributed by atoms with Crippen molar-refractivity contribution in [1.29, 1.82) is 0 Å². The predicted octanol–water partition coefficient (Wildman–Crippen LogP) is 7.35. The van der Waals surface area contributed by atoms with Crippen molar-refractivity contribution in [1.82, 2.24) is 20.0 Å². The fourth-order valence-corrected chi connectivity index (χ4v) is 6.94. The Kier molecular flexibility index (Phi) is 22.4. The number of ketones is 2. The van der Waals surface area contributed by atoms with Crippen LogP contribution in [0.3, 0.4) is 0 Å². The van der Waals surface area contributed by atoms with Crippen LogP contribution in [0.25, 0.3) is 0 Å². The number of piperazine rings is 2. The summed E-state index contributed by atoms with van der Waals surface area (Å²) < 4.78 is 37.1. The Morgan fingerprint density at radius 2 is 1.03 bits per heavy atom. The summed E-state index contributed by atoms with van der Waals surface area (Å²) >= 11 is 0. The zero-order valence-corrected chi connectivity index (χ0v) is 36.4. The lowest BCUT2D eigenvalue weighted by Crippen LogP contribution is -2.48. The molecule has 4 aromatic rings. The Hall–Kier alpha value is -6.70. The number of Topliss-reactive ketones (excluding diaryl/α,β-unsaturated/α-hetero) is 2. The minimum Gasteiger partial charge on any atom is -0.494 e. The topological polar surface area (TPSA) is 215 Å². The summed E-state index contributed by atoms with van der Waals surface area (Å²) in [5.74, 6) is -1.42. The number of nitro benzene ring substituents is 2. The predicted molar refractivity (Wildman–Crippen MR) is 243 cm³/mol. The van der Waals surface area contributed by atoms with Crippen molar-refractivity contribution in [3.63, 3.8) is 0 Å². The van der Waals surface area contributed by atoms with E-state index in [0.717, 1.165) is 43.9 Å². The van der Waals surface area contributed by atoms with Crippen LogP contribution in [0.4, 0.5) is 20.2 Å². The van der Waals surface area contributed by atoms with Gasteiger partial charge < -0.3 is 24.8 Å².